The lowest BCUT2D eigenvalue weighted by Gasteiger charge is -2.23. The number of hydrogen-bond acceptors (Lipinski definition) is 9. The van der Waals surface area contributed by atoms with Crippen LogP contribution in [0.1, 0.15) is 22.7 Å². The smallest absolute Gasteiger partial charge is 0.301 e. The van der Waals surface area contributed by atoms with Crippen LogP contribution < -0.4 is 14.4 Å². The van der Waals surface area contributed by atoms with Gasteiger partial charge >= 0.3 is 5.91 Å². The van der Waals surface area contributed by atoms with Crippen LogP contribution in [0.25, 0.3) is 5.76 Å². The summed E-state index contributed by atoms with van der Waals surface area (Å²) in [5.74, 6) is -0.310. The number of nitrogens with zero attached hydrogens (tertiary/aromatic N) is 3. The highest BCUT2D eigenvalue weighted by atomic mass is 35.5. The van der Waals surface area contributed by atoms with Gasteiger partial charge in [0, 0.05) is 16.3 Å². The van der Waals surface area contributed by atoms with Gasteiger partial charge in [-0.05, 0) is 41.5 Å². The van der Waals surface area contributed by atoms with Crippen LogP contribution in [0, 0.1) is 0 Å². The Hall–Kier alpha value is -3.86. The summed E-state index contributed by atoms with van der Waals surface area (Å²) in [6.07, 6.45) is 0. The van der Waals surface area contributed by atoms with E-state index in [2.05, 4.69) is 10.2 Å². The van der Waals surface area contributed by atoms with Crippen molar-refractivity contribution in [1.82, 2.24) is 10.2 Å². The van der Waals surface area contributed by atoms with E-state index in [4.69, 9.17) is 21.1 Å². The summed E-state index contributed by atoms with van der Waals surface area (Å²) in [5, 5.41) is 20.6. The van der Waals surface area contributed by atoms with Crippen LogP contribution in [0.5, 0.6) is 11.5 Å². The minimum atomic E-state index is -0.961. The minimum absolute atomic E-state index is 0.0763. The van der Waals surface area contributed by atoms with E-state index in [1.165, 1.54) is 28.0 Å². The molecular weight excluding hydrogens is 558 g/mol. The van der Waals surface area contributed by atoms with Gasteiger partial charge in [-0.2, -0.15) is 0 Å². The maximum Gasteiger partial charge on any atom is 0.301 e. The molecule has 0 aliphatic carbocycles. The third-order valence-electron chi connectivity index (χ3n) is 6.23. The van der Waals surface area contributed by atoms with Gasteiger partial charge in [-0.15, -0.1) is 10.2 Å². The Morgan fingerprint density at radius 2 is 1.79 bits per heavy atom. The molecule has 2 aliphatic heterocycles. The molecule has 1 amide bonds. The Kier molecular flexibility index (Phi) is 6.99. The number of ether oxygens (including phenoxy) is 2. The first-order valence-electron chi connectivity index (χ1n) is 12.0. The Bertz CT molecular complexity index is 1610. The molecular formula is C28H20ClN3O5S2. The number of thioether (sulfide) groups is 1. The largest absolute Gasteiger partial charge is 0.507 e. The predicted octanol–water partition coefficient (Wildman–Crippen LogP) is 5.88. The Morgan fingerprint density at radius 3 is 2.59 bits per heavy atom. The molecule has 0 radical (unpaired) electrons. The summed E-state index contributed by atoms with van der Waals surface area (Å²) in [6.45, 7) is 0.789. The maximum absolute atomic E-state index is 13.4. The van der Waals surface area contributed by atoms with E-state index in [0.717, 1.165) is 5.56 Å². The van der Waals surface area contributed by atoms with Crippen molar-refractivity contribution in [3.8, 4) is 11.5 Å². The fourth-order valence-corrected chi connectivity index (χ4v) is 6.47. The third kappa shape index (κ3) is 4.98. The van der Waals surface area contributed by atoms with E-state index in [1.54, 1.807) is 42.5 Å². The number of ketones is 1. The number of aromatic nitrogens is 2. The Morgan fingerprint density at radius 1 is 1.00 bits per heavy atom. The lowest BCUT2D eigenvalue weighted by molar-refractivity contribution is -0.132. The predicted molar refractivity (Wildman–Crippen MR) is 150 cm³/mol. The van der Waals surface area contributed by atoms with Crippen molar-refractivity contribution in [2.24, 2.45) is 0 Å². The number of aliphatic hydroxyl groups is 1. The normalized spacial score (nSPS) is 18.0. The highest BCUT2D eigenvalue weighted by Crippen LogP contribution is 2.45. The summed E-state index contributed by atoms with van der Waals surface area (Å²) < 4.78 is 11.9. The second-order valence-electron chi connectivity index (χ2n) is 8.71. The van der Waals surface area contributed by atoms with Crippen molar-refractivity contribution in [3.05, 3.63) is 100 Å². The number of aliphatic hydroxyl groups excluding tert-OH is 1. The topological polar surface area (TPSA) is 102 Å². The first-order chi connectivity index (χ1) is 19.0. The second kappa shape index (κ2) is 10.7. The third-order valence-corrected chi connectivity index (χ3v) is 8.59. The number of hydrogen-bond donors (Lipinski definition) is 1. The molecule has 2 aliphatic rings. The zero-order valence-electron chi connectivity index (χ0n) is 20.2. The van der Waals surface area contributed by atoms with Crippen LogP contribution in [-0.2, 0) is 15.3 Å². The zero-order chi connectivity index (χ0) is 26.9. The van der Waals surface area contributed by atoms with E-state index in [-0.39, 0.29) is 16.5 Å². The van der Waals surface area contributed by atoms with Crippen LogP contribution in [-0.4, -0.2) is 40.2 Å². The minimum Gasteiger partial charge on any atom is -0.507 e. The van der Waals surface area contributed by atoms with Crippen molar-refractivity contribution >= 4 is 57.3 Å². The number of rotatable bonds is 6. The van der Waals surface area contributed by atoms with Gasteiger partial charge in [0.25, 0.3) is 5.78 Å². The summed E-state index contributed by atoms with van der Waals surface area (Å²) in [7, 11) is 0. The van der Waals surface area contributed by atoms with Gasteiger partial charge in [0.15, 0.2) is 15.8 Å². The molecule has 6 rings (SSSR count). The molecule has 8 nitrogen and oxygen atoms in total. The molecule has 1 aromatic heterocycles. The van der Waals surface area contributed by atoms with Gasteiger partial charge in [0.05, 0.1) is 11.6 Å². The van der Waals surface area contributed by atoms with E-state index < -0.39 is 17.7 Å². The standard InChI is InChI=1S/C28H20ClN3O5S2/c29-19-8-4-7-17(13-19)23-22(24(33)18-9-10-20-21(14-18)37-12-11-36-20)25(34)26(35)32(23)27-30-31-28(39-27)38-15-16-5-2-1-3-6-16/h1-10,13-14,23,33H,11-12,15H2/t23-/m1/s1. The van der Waals surface area contributed by atoms with Crippen LogP contribution in [0.3, 0.4) is 0 Å². The van der Waals surface area contributed by atoms with Gasteiger partial charge in [-0.1, -0.05) is 77.2 Å². The van der Waals surface area contributed by atoms with Crippen molar-refractivity contribution in [1.29, 1.82) is 0 Å². The highest BCUT2D eigenvalue weighted by Gasteiger charge is 2.48. The molecule has 1 atom stereocenters. The van der Waals surface area contributed by atoms with Crippen LogP contribution in [0.4, 0.5) is 5.13 Å². The van der Waals surface area contributed by atoms with E-state index in [1.807, 2.05) is 30.3 Å². The fourth-order valence-electron chi connectivity index (χ4n) is 4.45. The van der Waals surface area contributed by atoms with Gasteiger partial charge < -0.3 is 14.6 Å². The molecule has 39 heavy (non-hydrogen) atoms. The van der Waals surface area contributed by atoms with E-state index in [0.29, 0.717) is 51.0 Å². The Labute approximate surface area is 236 Å². The lowest BCUT2D eigenvalue weighted by atomic mass is 9.95. The van der Waals surface area contributed by atoms with Gasteiger partial charge in [0.1, 0.15) is 19.0 Å². The monoisotopic (exact) mass is 577 g/mol. The van der Waals surface area contributed by atoms with Crippen molar-refractivity contribution in [2.45, 2.75) is 16.1 Å². The average Bonchev–Trinajstić information content (AvgIpc) is 3.53. The summed E-state index contributed by atoms with van der Waals surface area (Å²) in [5.41, 5.74) is 1.92. The molecule has 1 saturated heterocycles. The molecule has 0 bridgehead atoms. The molecule has 11 heteroatoms. The van der Waals surface area contributed by atoms with Gasteiger partial charge in [-0.25, -0.2) is 0 Å². The summed E-state index contributed by atoms with van der Waals surface area (Å²) in [4.78, 5) is 28.1. The fraction of sp³-hybridized carbons (Fsp3) is 0.143. The lowest BCUT2D eigenvalue weighted by Crippen LogP contribution is -2.29. The molecule has 0 unspecified atom stereocenters. The van der Waals surface area contributed by atoms with E-state index >= 15 is 0 Å². The number of fused-ring (bicyclic) bond motifs is 1. The van der Waals surface area contributed by atoms with Gasteiger partial charge in [0.2, 0.25) is 5.13 Å². The molecule has 3 aromatic carbocycles. The number of benzene rings is 3. The second-order valence-corrected chi connectivity index (χ2v) is 11.3. The summed E-state index contributed by atoms with van der Waals surface area (Å²) >= 11 is 8.98. The van der Waals surface area contributed by atoms with E-state index in [9.17, 15) is 14.7 Å². The number of anilines is 1. The molecule has 0 spiro atoms. The van der Waals surface area contributed by atoms with Crippen LogP contribution in [0.15, 0.2) is 82.7 Å². The first kappa shape index (κ1) is 25.4. The Balaban J connectivity index is 1.40. The SMILES string of the molecule is O=C1C(=O)N(c2nnc(SCc3ccccc3)s2)[C@H](c2cccc(Cl)c2)C1=C(O)c1ccc2c(c1)OCCO2. The van der Waals surface area contributed by atoms with Gasteiger partial charge in [-0.3, -0.25) is 14.5 Å². The number of carbonyl (C=O) groups excluding carboxylic acids is 2. The highest BCUT2D eigenvalue weighted by molar-refractivity contribution is 8.00. The first-order valence-corrected chi connectivity index (χ1v) is 14.1. The molecule has 4 aromatic rings. The van der Waals surface area contributed by atoms with Crippen LogP contribution in [0.2, 0.25) is 5.02 Å². The van der Waals surface area contributed by atoms with Crippen molar-refractivity contribution in [3.63, 3.8) is 0 Å². The number of halogens is 1. The zero-order valence-corrected chi connectivity index (χ0v) is 22.6. The quantitative estimate of drug-likeness (QED) is 0.0996. The maximum atomic E-state index is 13.4. The van der Waals surface area contributed by atoms with Crippen molar-refractivity contribution < 1.29 is 24.2 Å². The molecule has 196 valence electrons. The molecule has 3 heterocycles. The summed E-state index contributed by atoms with van der Waals surface area (Å²) in [6, 6.07) is 20.7. The van der Waals surface area contributed by atoms with Crippen LogP contribution >= 0.6 is 34.7 Å². The number of Topliss-reactive ketones (excluding diaryl/α,β-unsaturated/α-hetero) is 1. The average molecular weight is 578 g/mol. The number of carbonyl (C=O) groups is 2. The molecule has 1 N–H and O–H groups in total. The molecule has 0 saturated carbocycles. The van der Waals surface area contributed by atoms with Crippen molar-refractivity contribution in [2.75, 3.05) is 18.1 Å². The number of amides is 1. The molecule has 1 fully saturated rings.